The van der Waals surface area contributed by atoms with Crippen molar-refractivity contribution in [2.24, 2.45) is 0 Å². The third kappa shape index (κ3) is 3.85. The Kier molecular flexibility index (Phi) is 5.77. The highest BCUT2D eigenvalue weighted by atomic mass is 32.2. The van der Waals surface area contributed by atoms with Crippen molar-refractivity contribution in [3.05, 3.63) is 90.4 Å². The number of fused-ring (bicyclic) bond motifs is 1. The predicted octanol–water partition coefficient (Wildman–Crippen LogP) is 7.24. The Morgan fingerprint density at radius 3 is 2.42 bits per heavy atom. The lowest BCUT2D eigenvalue weighted by molar-refractivity contribution is 0.482. The Labute approximate surface area is 198 Å². The minimum atomic E-state index is -0.260. The Balaban J connectivity index is 1.83. The number of rotatable bonds is 5. The first-order valence-electron chi connectivity index (χ1n) is 11.2. The zero-order chi connectivity index (χ0) is 23.1. The fraction of sp³-hybridized carbons (Fsp3) is 0.214. The van der Waals surface area contributed by atoms with Crippen molar-refractivity contribution in [2.75, 3.05) is 19.3 Å². The van der Waals surface area contributed by atoms with E-state index in [2.05, 4.69) is 46.0 Å². The predicted molar refractivity (Wildman–Crippen MR) is 137 cm³/mol. The zero-order valence-electron chi connectivity index (χ0n) is 18.9. The number of phenolic OH excluding ortho intramolecular Hbond substituents is 1. The maximum absolute atomic E-state index is 13.8. The molecule has 0 bridgehead atoms. The maximum Gasteiger partial charge on any atom is 0.125 e. The highest BCUT2D eigenvalue weighted by Crippen LogP contribution is 2.46. The standard InChI is InChI=1S/C28H27FN2OS/c1-18(2)19-7-9-20(10-8-19)26-27-24(5-4-6-25(27)32)31(23-13-11-22(29)12-14-23)28(26)21-15-16-30(17-21)33-3/h4-14,21,32H,1,15-17H2,2-3H3. The molecule has 0 radical (unpaired) electrons. The summed E-state index contributed by atoms with van der Waals surface area (Å²) < 4.78 is 18.4. The number of nitrogens with zero attached hydrogens (tertiary/aromatic N) is 2. The van der Waals surface area contributed by atoms with Crippen molar-refractivity contribution in [1.29, 1.82) is 0 Å². The number of hydrogen-bond acceptors (Lipinski definition) is 3. The molecule has 1 atom stereocenters. The number of phenols is 1. The first-order valence-corrected chi connectivity index (χ1v) is 12.3. The lowest BCUT2D eigenvalue weighted by Gasteiger charge is -2.19. The quantitative estimate of drug-likeness (QED) is 0.320. The number of halogens is 1. The normalized spacial score (nSPS) is 16.5. The van der Waals surface area contributed by atoms with E-state index in [4.69, 9.17) is 0 Å². The van der Waals surface area contributed by atoms with Gasteiger partial charge in [-0.2, -0.15) is 0 Å². The second kappa shape index (κ2) is 8.73. The minimum Gasteiger partial charge on any atom is -0.507 e. The SMILES string of the molecule is C=C(C)c1ccc(-c2c(C3CCN(SC)C3)n(-c3ccc(F)cc3)c3cccc(O)c23)cc1. The smallest absolute Gasteiger partial charge is 0.125 e. The van der Waals surface area contributed by atoms with Crippen LogP contribution in [-0.2, 0) is 0 Å². The van der Waals surface area contributed by atoms with E-state index < -0.39 is 0 Å². The Morgan fingerprint density at radius 2 is 1.79 bits per heavy atom. The lowest BCUT2D eigenvalue weighted by Crippen LogP contribution is -2.13. The van der Waals surface area contributed by atoms with E-state index >= 15 is 0 Å². The largest absolute Gasteiger partial charge is 0.507 e. The topological polar surface area (TPSA) is 28.4 Å². The molecule has 1 aliphatic heterocycles. The fourth-order valence-electron chi connectivity index (χ4n) is 4.93. The van der Waals surface area contributed by atoms with Gasteiger partial charge in [-0.3, -0.25) is 4.31 Å². The highest BCUT2D eigenvalue weighted by molar-refractivity contribution is 7.96. The molecule has 4 aromatic rings. The maximum atomic E-state index is 13.8. The lowest BCUT2D eigenvalue weighted by atomic mass is 9.93. The van der Waals surface area contributed by atoms with Crippen molar-refractivity contribution in [2.45, 2.75) is 19.3 Å². The molecule has 1 aromatic heterocycles. The number of benzene rings is 3. The van der Waals surface area contributed by atoms with Crippen molar-refractivity contribution < 1.29 is 9.50 Å². The summed E-state index contributed by atoms with van der Waals surface area (Å²) in [7, 11) is 0. The van der Waals surface area contributed by atoms with E-state index in [1.165, 1.54) is 12.1 Å². The monoisotopic (exact) mass is 458 g/mol. The van der Waals surface area contributed by atoms with Crippen LogP contribution in [0.2, 0.25) is 0 Å². The molecule has 0 aliphatic carbocycles. The van der Waals surface area contributed by atoms with E-state index in [-0.39, 0.29) is 17.5 Å². The van der Waals surface area contributed by atoms with Gasteiger partial charge in [0.2, 0.25) is 0 Å². The molecular formula is C28H27FN2OS. The number of hydrogen-bond donors (Lipinski definition) is 1. The molecule has 1 unspecified atom stereocenters. The summed E-state index contributed by atoms with van der Waals surface area (Å²) in [5.41, 5.74) is 7.22. The van der Waals surface area contributed by atoms with Gasteiger partial charge in [0.1, 0.15) is 11.6 Å². The molecule has 1 fully saturated rings. The summed E-state index contributed by atoms with van der Waals surface area (Å²) in [6.07, 6.45) is 3.14. The van der Waals surface area contributed by atoms with E-state index in [1.807, 2.05) is 31.2 Å². The molecule has 5 rings (SSSR count). The molecular weight excluding hydrogens is 431 g/mol. The zero-order valence-corrected chi connectivity index (χ0v) is 19.7. The molecule has 0 spiro atoms. The number of allylic oxidation sites excluding steroid dienone is 1. The summed E-state index contributed by atoms with van der Waals surface area (Å²) >= 11 is 1.77. The van der Waals surface area contributed by atoms with Crippen LogP contribution in [0.1, 0.15) is 30.5 Å². The summed E-state index contributed by atoms with van der Waals surface area (Å²) in [5, 5.41) is 11.9. The fourth-order valence-corrected chi connectivity index (χ4v) is 5.54. The number of aromatic hydroxyl groups is 1. The van der Waals surface area contributed by atoms with Crippen molar-refractivity contribution in [3.63, 3.8) is 0 Å². The van der Waals surface area contributed by atoms with Gasteiger partial charge in [-0.1, -0.05) is 54.4 Å². The molecule has 33 heavy (non-hydrogen) atoms. The number of aromatic nitrogens is 1. The van der Waals surface area contributed by atoms with Gasteiger partial charge in [-0.25, -0.2) is 4.39 Å². The van der Waals surface area contributed by atoms with Crippen LogP contribution < -0.4 is 0 Å². The van der Waals surface area contributed by atoms with Crippen molar-refractivity contribution in [1.82, 2.24) is 8.87 Å². The third-order valence-electron chi connectivity index (χ3n) is 6.56. The second-order valence-corrected chi connectivity index (χ2v) is 9.54. The van der Waals surface area contributed by atoms with E-state index in [0.717, 1.165) is 64.1 Å². The Morgan fingerprint density at radius 1 is 1.06 bits per heavy atom. The summed E-state index contributed by atoms with van der Waals surface area (Å²) in [6.45, 7) is 8.00. The molecule has 1 aliphatic rings. The molecule has 0 saturated carbocycles. The van der Waals surface area contributed by atoms with Crippen LogP contribution in [0.15, 0.2) is 73.3 Å². The summed E-state index contributed by atoms with van der Waals surface area (Å²) in [6, 6.07) is 20.7. The van der Waals surface area contributed by atoms with Gasteiger partial charge in [0, 0.05) is 41.3 Å². The average molecular weight is 459 g/mol. The molecule has 0 amide bonds. The van der Waals surface area contributed by atoms with Crippen LogP contribution in [-0.4, -0.2) is 33.3 Å². The molecule has 168 valence electrons. The van der Waals surface area contributed by atoms with Gasteiger partial charge in [0.05, 0.1) is 5.52 Å². The van der Waals surface area contributed by atoms with Gasteiger partial charge in [0.25, 0.3) is 0 Å². The van der Waals surface area contributed by atoms with Gasteiger partial charge in [-0.15, -0.1) is 0 Å². The highest BCUT2D eigenvalue weighted by Gasteiger charge is 2.32. The van der Waals surface area contributed by atoms with E-state index in [1.54, 1.807) is 18.0 Å². The Hall–Kier alpha value is -3.02. The van der Waals surface area contributed by atoms with E-state index in [0.29, 0.717) is 0 Å². The minimum absolute atomic E-state index is 0.258. The van der Waals surface area contributed by atoms with Crippen LogP contribution in [0, 0.1) is 5.82 Å². The van der Waals surface area contributed by atoms with Gasteiger partial charge in [-0.05, 0) is 67.1 Å². The van der Waals surface area contributed by atoms with Gasteiger partial charge < -0.3 is 9.67 Å². The molecule has 3 aromatic carbocycles. The van der Waals surface area contributed by atoms with Crippen LogP contribution in [0.5, 0.6) is 5.75 Å². The molecule has 2 heterocycles. The molecule has 1 saturated heterocycles. The van der Waals surface area contributed by atoms with Crippen LogP contribution in [0.25, 0.3) is 33.3 Å². The third-order valence-corrected chi connectivity index (χ3v) is 7.40. The summed E-state index contributed by atoms with van der Waals surface area (Å²) in [4.78, 5) is 0. The van der Waals surface area contributed by atoms with Crippen LogP contribution in [0.4, 0.5) is 4.39 Å². The Bertz CT molecular complexity index is 1330. The van der Waals surface area contributed by atoms with E-state index in [9.17, 15) is 9.50 Å². The molecule has 5 heteroatoms. The summed E-state index contributed by atoms with van der Waals surface area (Å²) in [5.74, 6) is 0.281. The van der Waals surface area contributed by atoms with Crippen LogP contribution >= 0.6 is 11.9 Å². The first-order chi connectivity index (χ1) is 16.0. The van der Waals surface area contributed by atoms with Crippen LogP contribution in [0.3, 0.4) is 0 Å². The second-order valence-electron chi connectivity index (χ2n) is 8.66. The van der Waals surface area contributed by atoms with Crippen molar-refractivity contribution >= 4 is 28.4 Å². The van der Waals surface area contributed by atoms with Crippen molar-refractivity contribution in [3.8, 4) is 22.6 Å². The van der Waals surface area contributed by atoms with Gasteiger partial charge in [0.15, 0.2) is 0 Å². The van der Waals surface area contributed by atoms with Gasteiger partial charge >= 0.3 is 0 Å². The molecule has 1 N–H and O–H groups in total. The molecule has 3 nitrogen and oxygen atoms in total. The first kappa shape index (κ1) is 21.8. The average Bonchev–Trinajstić information content (AvgIpc) is 3.43.